The molecule has 4 rings (SSSR count). The van der Waals surface area contributed by atoms with E-state index in [4.69, 9.17) is 4.74 Å². The van der Waals surface area contributed by atoms with E-state index >= 15 is 0 Å². The number of aromatic nitrogens is 2. The fourth-order valence-corrected chi connectivity index (χ4v) is 2.93. The number of amides is 1. The maximum absolute atomic E-state index is 12.0. The van der Waals surface area contributed by atoms with E-state index in [1.54, 1.807) is 0 Å². The first-order chi connectivity index (χ1) is 11.8. The number of nitrogens with one attached hydrogen (secondary N) is 3. The number of carbonyl (C=O) groups excluding carboxylic acids is 1. The summed E-state index contributed by atoms with van der Waals surface area (Å²) in [6.45, 7) is 3.99. The van der Waals surface area contributed by atoms with Crippen LogP contribution in [-0.4, -0.2) is 35.8 Å². The maximum atomic E-state index is 12.0. The Balaban J connectivity index is 1.74. The minimum Gasteiger partial charge on any atom is -0.490 e. The topological polar surface area (TPSA) is 79.0 Å². The molecule has 0 spiro atoms. The van der Waals surface area contributed by atoms with Gasteiger partial charge in [0.2, 0.25) is 0 Å². The van der Waals surface area contributed by atoms with Gasteiger partial charge < -0.3 is 15.4 Å². The third kappa shape index (κ3) is 2.46. The number of aromatic amines is 1. The highest BCUT2D eigenvalue weighted by Crippen LogP contribution is 2.34. The predicted octanol–water partition coefficient (Wildman–Crippen LogP) is 2.78. The molecule has 1 aliphatic rings. The zero-order valence-electron chi connectivity index (χ0n) is 13.3. The van der Waals surface area contributed by atoms with Crippen LogP contribution in [0, 0.1) is 0 Å². The van der Waals surface area contributed by atoms with Gasteiger partial charge >= 0.3 is 0 Å². The van der Waals surface area contributed by atoms with E-state index in [0.29, 0.717) is 18.7 Å². The van der Waals surface area contributed by atoms with Gasteiger partial charge in [-0.2, -0.15) is 5.10 Å². The lowest BCUT2D eigenvalue weighted by molar-refractivity contribution is 0.0956. The summed E-state index contributed by atoms with van der Waals surface area (Å²) in [6, 6.07) is 11.6. The fourth-order valence-electron chi connectivity index (χ4n) is 2.93. The molecule has 3 aromatic rings. The van der Waals surface area contributed by atoms with E-state index in [9.17, 15) is 4.79 Å². The number of hydrogen-bond donors (Lipinski definition) is 3. The van der Waals surface area contributed by atoms with E-state index < -0.39 is 0 Å². The van der Waals surface area contributed by atoms with Crippen LogP contribution in [0.2, 0.25) is 0 Å². The quantitative estimate of drug-likeness (QED) is 0.693. The van der Waals surface area contributed by atoms with Gasteiger partial charge in [0.1, 0.15) is 12.4 Å². The lowest BCUT2D eigenvalue weighted by atomic mass is 10.0. The lowest BCUT2D eigenvalue weighted by Crippen LogP contribution is -2.22. The van der Waals surface area contributed by atoms with E-state index in [1.165, 1.54) is 0 Å². The van der Waals surface area contributed by atoms with E-state index in [0.717, 1.165) is 40.1 Å². The first-order valence-electron chi connectivity index (χ1n) is 8.03. The summed E-state index contributed by atoms with van der Waals surface area (Å²) < 4.78 is 5.61. The Bertz CT molecular complexity index is 917. The van der Waals surface area contributed by atoms with Crippen molar-refractivity contribution >= 4 is 22.5 Å². The molecular formula is C18H18N4O2. The molecule has 0 saturated carbocycles. The van der Waals surface area contributed by atoms with Crippen molar-refractivity contribution in [2.24, 2.45) is 0 Å². The lowest BCUT2D eigenvalue weighted by Gasteiger charge is -2.19. The van der Waals surface area contributed by atoms with Gasteiger partial charge in [0, 0.05) is 29.6 Å². The molecule has 24 heavy (non-hydrogen) atoms. The van der Waals surface area contributed by atoms with Crippen LogP contribution in [0.25, 0.3) is 22.2 Å². The van der Waals surface area contributed by atoms with Crippen molar-refractivity contribution in [2.45, 2.75) is 6.92 Å². The van der Waals surface area contributed by atoms with Crippen LogP contribution in [0.4, 0.5) is 5.69 Å². The number of benzene rings is 2. The molecule has 3 N–H and O–H groups in total. The molecule has 1 aliphatic heterocycles. The summed E-state index contributed by atoms with van der Waals surface area (Å²) in [5.74, 6) is 0.786. The van der Waals surface area contributed by atoms with Gasteiger partial charge in [-0.15, -0.1) is 0 Å². The molecule has 0 aliphatic carbocycles. The van der Waals surface area contributed by atoms with Gasteiger partial charge in [-0.1, -0.05) is 0 Å². The van der Waals surface area contributed by atoms with Gasteiger partial charge in [-0.25, -0.2) is 0 Å². The molecule has 0 saturated heterocycles. The largest absolute Gasteiger partial charge is 0.490 e. The van der Waals surface area contributed by atoms with E-state index in [1.807, 2.05) is 43.3 Å². The van der Waals surface area contributed by atoms with Crippen LogP contribution in [0.1, 0.15) is 17.3 Å². The summed E-state index contributed by atoms with van der Waals surface area (Å²) in [5, 5.41) is 14.6. The molecule has 1 aromatic heterocycles. The number of hydrogen-bond acceptors (Lipinski definition) is 4. The predicted molar refractivity (Wildman–Crippen MR) is 93.5 cm³/mol. The zero-order chi connectivity index (χ0) is 16.5. The Hall–Kier alpha value is -3.02. The third-order valence-corrected chi connectivity index (χ3v) is 4.09. The second-order valence-electron chi connectivity index (χ2n) is 5.68. The Morgan fingerprint density at radius 1 is 1.29 bits per heavy atom. The fraction of sp³-hybridized carbons (Fsp3) is 0.222. The van der Waals surface area contributed by atoms with Crippen molar-refractivity contribution in [3.05, 3.63) is 42.0 Å². The number of H-pyrrole nitrogens is 1. The number of nitrogens with zero attached hydrogens (tertiary/aromatic N) is 1. The van der Waals surface area contributed by atoms with Gasteiger partial charge in [-0.3, -0.25) is 9.89 Å². The van der Waals surface area contributed by atoms with Crippen LogP contribution in [-0.2, 0) is 0 Å². The molecule has 2 heterocycles. The first kappa shape index (κ1) is 14.6. The average Bonchev–Trinajstić information content (AvgIpc) is 3.04. The highest BCUT2D eigenvalue weighted by molar-refractivity contribution is 6.01. The van der Waals surface area contributed by atoms with Crippen molar-refractivity contribution in [1.82, 2.24) is 15.5 Å². The first-order valence-corrected chi connectivity index (χ1v) is 8.03. The minimum atomic E-state index is -0.0781. The second-order valence-corrected chi connectivity index (χ2v) is 5.68. The third-order valence-electron chi connectivity index (χ3n) is 4.09. The molecule has 6 heteroatoms. The summed E-state index contributed by atoms with van der Waals surface area (Å²) >= 11 is 0. The Labute approximate surface area is 139 Å². The van der Waals surface area contributed by atoms with Crippen LogP contribution in [0.3, 0.4) is 0 Å². The molecule has 0 radical (unpaired) electrons. The van der Waals surface area contributed by atoms with Crippen molar-refractivity contribution in [1.29, 1.82) is 0 Å². The Morgan fingerprint density at radius 3 is 3.08 bits per heavy atom. The normalized spacial score (nSPS) is 13.0. The maximum Gasteiger partial charge on any atom is 0.251 e. The summed E-state index contributed by atoms with van der Waals surface area (Å²) in [6.07, 6.45) is 0. The monoisotopic (exact) mass is 322 g/mol. The Morgan fingerprint density at radius 2 is 2.21 bits per heavy atom. The van der Waals surface area contributed by atoms with Crippen LogP contribution >= 0.6 is 0 Å². The SMILES string of the molecule is CCNC(=O)c1ccc2c(-c3ccc4c(c3)NCCO4)n[nH]c2c1. The summed E-state index contributed by atoms with van der Waals surface area (Å²) in [5.41, 5.74) is 4.32. The molecular weight excluding hydrogens is 304 g/mol. The molecule has 122 valence electrons. The van der Waals surface area contributed by atoms with Crippen LogP contribution in [0.15, 0.2) is 36.4 Å². The number of fused-ring (bicyclic) bond motifs is 2. The van der Waals surface area contributed by atoms with E-state index in [-0.39, 0.29) is 5.91 Å². The van der Waals surface area contributed by atoms with Crippen molar-refractivity contribution < 1.29 is 9.53 Å². The van der Waals surface area contributed by atoms with Crippen LogP contribution < -0.4 is 15.4 Å². The highest BCUT2D eigenvalue weighted by Gasteiger charge is 2.15. The van der Waals surface area contributed by atoms with E-state index in [2.05, 4.69) is 20.8 Å². The molecule has 0 fully saturated rings. The molecule has 1 amide bonds. The number of rotatable bonds is 3. The van der Waals surface area contributed by atoms with Gasteiger partial charge in [-0.05, 0) is 43.3 Å². The smallest absolute Gasteiger partial charge is 0.251 e. The Kier molecular flexibility index (Phi) is 3.57. The molecule has 0 bridgehead atoms. The summed E-state index contributed by atoms with van der Waals surface area (Å²) in [7, 11) is 0. The number of ether oxygens (including phenoxy) is 1. The van der Waals surface area contributed by atoms with Crippen molar-refractivity contribution in [3.8, 4) is 17.0 Å². The molecule has 2 aromatic carbocycles. The second kappa shape index (κ2) is 5.88. The zero-order valence-corrected chi connectivity index (χ0v) is 13.3. The molecule has 6 nitrogen and oxygen atoms in total. The summed E-state index contributed by atoms with van der Waals surface area (Å²) in [4.78, 5) is 12.0. The number of carbonyl (C=O) groups is 1. The average molecular weight is 322 g/mol. The van der Waals surface area contributed by atoms with Gasteiger partial charge in [0.05, 0.1) is 16.9 Å². The van der Waals surface area contributed by atoms with Gasteiger partial charge in [0.25, 0.3) is 5.91 Å². The van der Waals surface area contributed by atoms with Crippen molar-refractivity contribution in [2.75, 3.05) is 25.0 Å². The highest BCUT2D eigenvalue weighted by atomic mass is 16.5. The molecule has 0 unspecified atom stereocenters. The van der Waals surface area contributed by atoms with Crippen LogP contribution in [0.5, 0.6) is 5.75 Å². The van der Waals surface area contributed by atoms with Crippen molar-refractivity contribution in [3.63, 3.8) is 0 Å². The number of anilines is 1. The standard InChI is InChI=1S/C18H18N4O2/c1-2-19-18(23)12-3-5-13-14(10-12)21-22-17(13)11-4-6-16-15(9-11)20-7-8-24-16/h3-6,9-10,20H,2,7-8H2,1H3,(H,19,23)(H,21,22). The molecule has 0 atom stereocenters. The van der Waals surface area contributed by atoms with Gasteiger partial charge in [0.15, 0.2) is 0 Å². The minimum absolute atomic E-state index is 0.0781.